The Morgan fingerprint density at radius 2 is 1.92 bits per heavy atom. The predicted octanol–water partition coefficient (Wildman–Crippen LogP) is 2.68. The number of primary amides is 1. The molecule has 2 aromatic carbocycles. The highest BCUT2D eigenvalue weighted by Crippen LogP contribution is 2.36. The second-order valence-corrected chi connectivity index (χ2v) is 8.13. The van der Waals surface area contributed by atoms with Crippen LogP contribution in [0.15, 0.2) is 35.2 Å². The fourth-order valence-electron chi connectivity index (χ4n) is 3.23. The highest BCUT2D eigenvalue weighted by atomic mass is 32.2. The summed E-state index contributed by atoms with van der Waals surface area (Å²) in [5.41, 5.74) is 7.55. The molecule has 5 nitrogen and oxygen atoms in total. The van der Waals surface area contributed by atoms with E-state index in [2.05, 4.69) is 0 Å². The average Bonchev–Trinajstić information content (AvgIpc) is 2.57. The number of nitrogens with zero attached hydrogens (tertiary/aromatic N) is 1. The third-order valence-electron chi connectivity index (χ3n) is 4.39. The van der Waals surface area contributed by atoms with Crippen LogP contribution in [-0.2, 0) is 16.4 Å². The van der Waals surface area contributed by atoms with Crippen molar-refractivity contribution >= 4 is 21.6 Å². The first-order chi connectivity index (χ1) is 11.7. The molecule has 1 aliphatic heterocycles. The van der Waals surface area contributed by atoms with Crippen molar-refractivity contribution in [2.24, 2.45) is 5.73 Å². The minimum absolute atomic E-state index is 0.0159. The van der Waals surface area contributed by atoms with Crippen LogP contribution in [0.3, 0.4) is 0 Å². The normalized spacial score (nSPS) is 14.3. The number of aryl methyl sites for hydroxylation is 2. The fraction of sp³-hybridized carbons (Fsp3) is 0.278. The second kappa shape index (κ2) is 6.15. The molecule has 0 saturated heterocycles. The molecule has 1 heterocycles. The van der Waals surface area contributed by atoms with Gasteiger partial charge in [-0.2, -0.15) is 0 Å². The first kappa shape index (κ1) is 17.4. The topological polar surface area (TPSA) is 80.5 Å². The van der Waals surface area contributed by atoms with Gasteiger partial charge in [0.25, 0.3) is 10.0 Å². The number of carbonyl (C=O) groups is 1. The molecule has 25 heavy (non-hydrogen) atoms. The van der Waals surface area contributed by atoms with Gasteiger partial charge in [0.1, 0.15) is 5.82 Å². The van der Waals surface area contributed by atoms with Crippen LogP contribution in [0.5, 0.6) is 0 Å². The van der Waals surface area contributed by atoms with E-state index in [0.29, 0.717) is 35.2 Å². The lowest BCUT2D eigenvalue weighted by Gasteiger charge is -2.32. The number of hydrogen-bond acceptors (Lipinski definition) is 3. The van der Waals surface area contributed by atoms with Gasteiger partial charge in [0.15, 0.2) is 0 Å². The summed E-state index contributed by atoms with van der Waals surface area (Å²) in [6.45, 7) is 3.72. The van der Waals surface area contributed by atoms with Gasteiger partial charge in [0, 0.05) is 17.7 Å². The number of fused-ring (bicyclic) bond motifs is 1. The zero-order valence-corrected chi connectivity index (χ0v) is 14.9. The number of anilines is 1. The summed E-state index contributed by atoms with van der Waals surface area (Å²) in [5.74, 6) is -1.09. The number of benzene rings is 2. The predicted molar refractivity (Wildman–Crippen MR) is 93.7 cm³/mol. The Morgan fingerprint density at radius 1 is 1.20 bits per heavy atom. The van der Waals surface area contributed by atoms with Crippen LogP contribution in [0.4, 0.5) is 10.1 Å². The maximum absolute atomic E-state index is 14.2. The lowest BCUT2D eigenvalue weighted by atomic mass is 9.99. The van der Waals surface area contributed by atoms with Crippen LogP contribution >= 0.6 is 0 Å². The standard InChI is InChI=1S/C18H19FN2O3S/c1-11-8-13(18(20)22)10-14(9-11)25(23,24)21-7-3-4-15-16(19)6-5-12(2)17(15)21/h5-6,8-10H,3-4,7H2,1-2H3,(H2,20,22). The Bertz CT molecular complexity index is 971. The van der Waals surface area contributed by atoms with Gasteiger partial charge in [-0.05, 0) is 62.1 Å². The number of rotatable bonds is 3. The van der Waals surface area contributed by atoms with E-state index >= 15 is 0 Å². The maximum atomic E-state index is 14.2. The number of carbonyl (C=O) groups excluding carboxylic acids is 1. The summed E-state index contributed by atoms with van der Waals surface area (Å²) in [7, 11) is -3.93. The number of nitrogens with two attached hydrogens (primary N) is 1. The molecule has 0 atom stereocenters. The van der Waals surface area contributed by atoms with Crippen molar-refractivity contribution in [2.75, 3.05) is 10.8 Å². The first-order valence-corrected chi connectivity index (χ1v) is 9.38. The van der Waals surface area contributed by atoms with Gasteiger partial charge in [0.2, 0.25) is 5.91 Å². The van der Waals surface area contributed by atoms with E-state index < -0.39 is 21.7 Å². The van der Waals surface area contributed by atoms with Crippen LogP contribution in [-0.4, -0.2) is 20.9 Å². The summed E-state index contributed by atoms with van der Waals surface area (Å²) in [4.78, 5) is 11.5. The Kier molecular flexibility index (Phi) is 4.28. The second-order valence-electron chi connectivity index (χ2n) is 6.27. The quantitative estimate of drug-likeness (QED) is 0.911. The van der Waals surface area contributed by atoms with Crippen molar-refractivity contribution in [3.63, 3.8) is 0 Å². The fourth-order valence-corrected chi connectivity index (χ4v) is 4.96. The minimum atomic E-state index is -3.93. The zero-order valence-electron chi connectivity index (χ0n) is 14.0. The Labute approximate surface area is 146 Å². The molecule has 0 aliphatic carbocycles. The third-order valence-corrected chi connectivity index (χ3v) is 6.16. The first-order valence-electron chi connectivity index (χ1n) is 7.94. The van der Waals surface area contributed by atoms with Crippen molar-refractivity contribution < 1.29 is 17.6 Å². The molecule has 0 unspecified atom stereocenters. The lowest BCUT2D eigenvalue weighted by Crippen LogP contribution is -2.36. The molecular weight excluding hydrogens is 343 g/mol. The lowest BCUT2D eigenvalue weighted by molar-refractivity contribution is 0.1000. The molecule has 0 aromatic heterocycles. The molecule has 2 N–H and O–H groups in total. The summed E-state index contributed by atoms with van der Waals surface area (Å²) in [6, 6.07) is 7.24. The van der Waals surface area contributed by atoms with Gasteiger partial charge in [-0.1, -0.05) is 6.07 Å². The molecule has 3 rings (SSSR count). The SMILES string of the molecule is Cc1cc(C(N)=O)cc(S(=O)(=O)N2CCCc3c(F)ccc(C)c32)c1. The Morgan fingerprint density at radius 3 is 2.60 bits per heavy atom. The van der Waals surface area contributed by atoms with Crippen LogP contribution in [0.1, 0.15) is 33.5 Å². The summed E-state index contributed by atoms with van der Waals surface area (Å²) >= 11 is 0. The maximum Gasteiger partial charge on any atom is 0.264 e. The zero-order chi connectivity index (χ0) is 18.4. The largest absolute Gasteiger partial charge is 0.366 e. The van der Waals surface area contributed by atoms with Gasteiger partial charge in [0.05, 0.1) is 10.6 Å². The van der Waals surface area contributed by atoms with Gasteiger partial charge < -0.3 is 5.73 Å². The van der Waals surface area contributed by atoms with Gasteiger partial charge in [-0.15, -0.1) is 0 Å². The van der Waals surface area contributed by atoms with E-state index in [1.807, 2.05) is 0 Å². The molecule has 0 saturated carbocycles. The Balaban J connectivity index is 2.18. The molecular formula is C18H19FN2O3S. The Hall–Kier alpha value is -2.41. The smallest absolute Gasteiger partial charge is 0.264 e. The molecule has 0 radical (unpaired) electrons. The number of amides is 1. The molecule has 132 valence electrons. The van der Waals surface area contributed by atoms with E-state index in [1.165, 1.54) is 28.6 Å². The van der Waals surface area contributed by atoms with Crippen molar-refractivity contribution in [3.8, 4) is 0 Å². The molecule has 7 heteroatoms. The number of hydrogen-bond donors (Lipinski definition) is 1. The van der Waals surface area contributed by atoms with Crippen LogP contribution in [0.25, 0.3) is 0 Å². The molecule has 2 aromatic rings. The van der Waals surface area contributed by atoms with E-state index in [1.54, 1.807) is 19.9 Å². The van der Waals surface area contributed by atoms with Crippen LogP contribution < -0.4 is 10.0 Å². The van der Waals surface area contributed by atoms with Gasteiger partial charge in [-0.25, -0.2) is 12.8 Å². The third kappa shape index (κ3) is 3.00. The van der Waals surface area contributed by atoms with Gasteiger partial charge in [-0.3, -0.25) is 9.10 Å². The molecule has 0 spiro atoms. The molecule has 1 amide bonds. The van der Waals surface area contributed by atoms with E-state index in [4.69, 9.17) is 5.73 Å². The molecule has 0 bridgehead atoms. The minimum Gasteiger partial charge on any atom is -0.366 e. The van der Waals surface area contributed by atoms with E-state index in [0.717, 1.165) is 0 Å². The van der Waals surface area contributed by atoms with Crippen LogP contribution in [0, 0.1) is 19.7 Å². The monoisotopic (exact) mass is 362 g/mol. The molecule has 0 fully saturated rings. The van der Waals surface area contributed by atoms with E-state index in [9.17, 15) is 17.6 Å². The molecule has 1 aliphatic rings. The van der Waals surface area contributed by atoms with Crippen molar-refractivity contribution in [1.82, 2.24) is 0 Å². The highest BCUT2D eigenvalue weighted by Gasteiger charge is 2.32. The summed E-state index contributed by atoms with van der Waals surface area (Å²) in [6.07, 6.45) is 1.02. The summed E-state index contributed by atoms with van der Waals surface area (Å²) < 4.78 is 41.8. The summed E-state index contributed by atoms with van der Waals surface area (Å²) in [5, 5.41) is 0. The van der Waals surface area contributed by atoms with Crippen LogP contribution in [0.2, 0.25) is 0 Å². The number of halogens is 1. The average molecular weight is 362 g/mol. The van der Waals surface area contributed by atoms with Crippen molar-refractivity contribution in [3.05, 3.63) is 58.4 Å². The number of sulfonamides is 1. The van der Waals surface area contributed by atoms with Crippen molar-refractivity contribution in [2.45, 2.75) is 31.6 Å². The van der Waals surface area contributed by atoms with E-state index in [-0.39, 0.29) is 17.0 Å². The van der Waals surface area contributed by atoms with Gasteiger partial charge >= 0.3 is 0 Å². The van der Waals surface area contributed by atoms with Crippen molar-refractivity contribution in [1.29, 1.82) is 0 Å². The highest BCUT2D eigenvalue weighted by molar-refractivity contribution is 7.92.